The molecule has 0 radical (unpaired) electrons. The number of nitrogens with one attached hydrogen (secondary N) is 1. The van der Waals surface area contributed by atoms with E-state index in [0.717, 1.165) is 12.8 Å². The van der Waals surface area contributed by atoms with Crippen LogP contribution in [0, 0.1) is 0 Å². The molecule has 3 nitrogen and oxygen atoms in total. The molecule has 0 spiro atoms. The van der Waals surface area contributed by atoms with E-state index in [1.165, 1.54) is 24.8 Å². The maximum Gasteiger partial charge on any atom is 0.240 e. The van der Waals surface area contributed by atoms with Gasteiger partial charge >= 0.3 is 0 Å². The first-order chi connectivity index (χ1) is 9.22. The van der Waals surface area contributed by atoms with Crippen LogP contribution in [0.2, 0.25) is 0 Å². The predicted octanol–water partition coefficient (Wildman–Crippen LogP) is 2.32. The minimum Gasteiger partial charge on any atom is -0.350 e. The molecule has 102 valence electrons. The normalized spacial score (nSPS) is 30.3. The molecule has 0 saturated carbocycles. The van der Waals surface area contributed by atoms with Gasteiger partial charge in [-0.3, -0.25) is 9.69 Å². The zero-order valence-corrected chi connectivity index (χ0v) is 11.6. The lowest BCUT2D eigenvalue weighted by atomic mass is 9.87. The van der Waals surface area contributed by atoms with Crippen LogP contribution in [0.4, 0.5) is 0 Å². The van der Waals surface area contributed by atoms with Gasteiger partial charge in [-0.15, -0.1) is 0 Å². The van der Waals surface area contributed by atoms with Crippen molar-refractivity contribution in [3.63, 3.8) is 0 Å². The standard InChI is InChI=1S/C16H22N2O/c1-18-14-8-5-10-16(18,11-9-14)15(19)17-12-13-6-3-2-4-7-13/h2-4,6-7,14H,5,8-12H2,1H3,(H,17,19)/t14-,16+/m1/s1. The van der Waals surface area contributed by atoms with Crippen LogP contribution in [-0.4, -0.2) is 29.4 Å². The molecule has 2 aliphatic heterocycles. The van der Waals surface area contributed by atoms with Crippen LogP contribution < -0.4 is 5.32 Å². The summed E-state index contributed by atoms with van der Waals surface area (Å²) in [5, 5.41) is 3.14. The van der Waals surface area contributed by atoms with Gasteiger partial charge in [0.1, 0.15) is 5.54 Å². The van der Waals surface area contributed by atoms with E-state index >= 15 is 0 Å². The van der Waals surface area contributed by atoms with Crippen molar-refractivity contribution < 1.29 is 4.79 Å². The Labute approximate surface area is 115 Å². The second-order valence-electron chi connectivity index (χ2n) is 5.90. The van der Waals surface area contributed by atoms with Crippen molar-refractivity contribution in [3.05, 3.63) is 35.9 Å². The third kappa shape index (κ3) is 2.16. The Morgan fingerprint density at radius 3 is 2.89 bits per heavy atom. The molecule has 3 rings (SSSR count). The number of likely N-dealkylation sites (N-methyl/N-ethyl adjacent to an activating group) is 1. The molecule has 2 heterocycles. The molecular formula is C16H22N2O. The second-order valence-corrected chi connectivity index (χ2v) is 5.90. The van der Waals surface area contributed by atoms with Crippen molar-refractivity contribution in [2.75, 3.05) is 7.05 Å². The van der Waals surface area contributed by atoms with Gasteiger partial charge in [0.15, 0.2) is 0 Å². The highest BCUT2D eigenvalue weighted by Gasteiger charge is 2.51. The Bertz CT molecular complexity index is 455. The third-order valence-corrected chi connectivity index (χ3v) is 4.96. The van der Waals surface area contributed by atoms with E-state index in [1.807, 2.05) is 18.2 Å². The van der Waals surface area contributed by atoms with Crippen LogP contribution in [0.15, 0.2) is 30.3 Å². The maximum atomic E-state index is 12.6. The number of piperidine rings is 1. The van der Waals surface area contributed by atoms with E-state index in [1.54, 1.807) is 0 Å². The zero-order chi connectivity index (χ0) is 13.3. The minimum atomic E-state index is -0.225. The molecule has 19 heavy (non-hydrogen) atoms. The third-order valence-electron chi connectivity index (χ3n) is 4.96. The molecule has 2 fully saturated rings. The van der Waals surface area contributed by atoms with Gasteiger partial charge in [0.05, 0.1) is 0 Å². The van der Waals surface area contributed by atoms with E-state index in [9.17, 15) is 4.79 Å². The topological polar surface area (TPSA) is 32.3 Å². The number of fused-ring (bicyclic) bond motifs is 2. The molecule has 0 aromatic heterocycles. The summed E-state index contributed by atoms with van der Waals surface area (Å²) in [4.78, 5) is 14.9. The van der Waals surface area contributed by atoms with Gasteiger partial charge in [-0.1, -0.05) is 30.3 Å². The van der Waals surface area contributed by atoms with Crippen molar-refractivity contribution in [2.45, 2.75) is 50.2 Å². The molecule has 2 bridgehead atoms. The number of carbonyl (C=O) groups is 1. The highest BCUT2D eigenvalue weighted by atomic mass is 16.2. The monoisotopic (exact) mass is 258 g/mol. The van der Waals surface area contributed by atoms with Crippen LogP contribution in [-0.2, 0) is 11.3 Å². The molecule has 3 heteroatoms. The van der Waals surface area contributed by atoms with Crippen LogP contribution in [0.1, 0.15) is 37.7 Å². The fraction of sp³-hybridized carbons (Fsp3) is 0.562. The molecule has 1 aromatic carbocycles. The SMILES string of the molecule is CN1[C@@H]2CCC[C@@]1(C(=O)NCc1ccccc1)CC2. The average Bonchev–Trinajstić information content (AvgIpc) is 2.66. The van der Waals surface area contributed by atoms with E-state index in [0.29, 0.717) is 12.6 Å². The highest BCUT2D eigenvalue weighted by molar-refractivity contribution is 5.86. The van der Waals surface area contributed by atoms with Crippen molar-refractivity contribution in [1.82, 2.24) is 10.2 Å². The van der Waals surface area contributed by atoms with Crippen molar-refractivity contribution in [1.29, 1.82) is 0 Å². The first-order valence-corrected chi connectivity index (χ1v) is 7.27. The smallest absolute Gasteiger partial charge is 0.240 e. The Kier molecular flexibility index (Phi) is 3.31. The summed E-state index contributed by atoms with van der Waals surface area (Å²) in [6.45, 7) is 0.639. The summed E-state index contributed by atoms with van der Waals surface area (Å²) in [5.41, 5.74) is 0.942. The van der Waals surface area contributed by atoms with Crippen LogP contribution >= 0.6 is 0 Å². The zero-order valence-electron chi connectivity index (χ0n) is 11.6. The van der Waals surface area contributed by atoms with Crippen LogP contribution in [0.3, 0.4) is 0 Å². The summed E-state index contributed by atoms with van der Waals surface area (Å²) >= 11 is 0. The summed E-state index contributed by atoms with van der Waals surface area (Å²) in [6.07, 6.45) is 5.66. The number of hydrogen-bond acceptors (Lipinski definition) is 2. The lowest BCUT2D eigenvalue weighted by molar-refractivity contribution is -0.134. The molecular weight excluding hydrogens is 236 g/mol. The number of rotatable bonds is 3. The van der Waals surface area contributed by atoms with Gasteiger partial charge in [-0.05, 0) is 44.7 Å². The lowest BCUT2D eigenvalue weighted by Crippen LogP contribution is -2.57. The van der Waals surface area contributed by atoms with Gasteiger partial charge in [0.2, 0.25) is 5.91 Å². The number of carbonyl (C=O) groups excluding carboxylic acids is 1. The maximum absolute atomic E-state index is 12.6. The van der Waals surface area contributed by atoms with Crippen LogP contribution in [0.5, 0.6) is 0 Å². The summed E-state index contributed by atoms with van der Waals surface area (Å²) < 4.78 is 0. The Morgan fingerprint density at radius 1 is 1.32 bits per heavy atom. The molecule has 0 aliphatic carbocycles. The second kappa shape index (κ2) is 4.97. The van der Waals surface area contributed by atoms with E-state index in [4.69, 9.17) is 0 Å². The Balaban J connectivity index is 1.67. The first-order valence-electron chi connectivity index (χ1n) is 7.27. The van der Waals surface area contributed by atoms with E-state index in [-0.39, 0.29) is 11.4 Å². The fourth-order valence-electron chi connectivity index (χ4n) is 3.72. The lowest BCUT2D eigenvalue weighted by Gasteiger charge is -2.41. The van der Waals surface area contributed by atoms with Gasteiger partial charge in [-0.25, -0.2) is 0 Å². The highest BCUT2D eigenvalue weighted by Crippen LogP contribution is 2.43. The van der Waals surface area contributed by atoms with Gasteiger partial charge < -0.3 is 5.32 Å². The minimum absolute atomic E-state index is 0.223. The number of nitrogens with zero attached hydrogens (tertiary/aromatic N) is 1. The molecule has 2 atom stereocenters. The van der Waals surface area contributed by atoms with Crippen LogP contribution in [0.25, 0.3) is 0 Å². The Hall–Kier alpha value is -1.35. The molecule has 2 aliphatic rings. The van der Waals surface area contributed by atoms with Gasteiger partial charge in [-0.2, -0.15) is 0 Å². The molecule has 1 amide bonds. The molecule has 1 aromatic rings. The quantitative estimate of drug-likeness (QED) is 0.902. The predicted molar refractivity (Wildman–Crippen MR) is 75.7 cm³/mol. The first kappa shape index (κ1) is 12.7. The Morgan fingerprint density at radius 2 is 2.11 bits per heavy atom. The van der Waals surface area contributed by atoms with Gasteiger partial charge in [0, 0.05) is 12.6 Å². The summed E-state index contributed by atoms with van der Waals surface area (Å²) in [5.74, 6) is 0.223. The largest absolute Gasteiger partial charge is 0.350 e. The average molecular weight is 258 g/mol. The summed E-state index contributed by atoms with van der Waals surface area (Å²) in [7, 11) is 2.12. The fourth-order valence-corrected chi connectivity index (χ4v) is 3.72. The van der Waals surface area contributed by atoms with E-state index in [2.05, 4.69) is 29.4 Å². The van der Waals surface area contributed by atoms with Crippen molar-refractivity contribution in [3.8, 4) is 0 Å². The summed E-state index contributed by atoms with van der Waals surface area (Å²) in [6, 6.07) is 10.8. The van der Waals surface area contributed by atoms with Gasteiger partial charge in [0.25, 0.3) is 0 Å². The van der Waals surface area contributed by atoms with E-state index < -0.39 is 0 Å². The molecule has 2 saturated heterocycles. The van der Waals surface area contributed by atoms with Crippen molar-refractivity contribution >= 4 is 5.91 Å². The number of benzene rings is 1. The number of hydrogen-bond donors (Lipinski definition) is 1. The van der Waals surface area contributed by atoms with Crippen molar-refractivity contribution in [2.24, 2.45) is 0 Å². The molecule has 1 N–H and O–H groups in total. The molecule has 0 unspecified atom stereocenters. The number of amides is 1.